The number of hydrogen-bond donors (Lipinski definition) is 3. The summed E-state index contributed by atoms with van der Waals surface area (Å²) >= 11 is 0. The van der Waals surface area contributed by atoms with Gasteiger partial charge in [-0.3, -0.25) is 18.6 Å². The van der Waals surface area contributed by atoms with Gasteiger partial charge < -0.3 is 20.1 Å². The summed E-state index contributed by atoms with van der Waals surface area (Å²) in [5.74, 6) is -0.558. The number of rotatable bonds is 36. The molecular formula is C40H72NO8P. The SMILES string of the molecule is CC/C=C\C/C=C\C/C=C\CCCCCC(=O)OCC(O)COP(=O)(O)OCCNC(=O)CCCCCCC/C=C\CCCCCCCCC. The molecule has 0 aromatic carbocycles. The predicted octanol–water partition coefficient (Wildman–Crippen LogP) is 10.4. The predicted molar refractivity (Wildman–Crippen MR) is 206 cm³/mol. The number of ether oxygens (including phenoxy) is 1. The molecule has 0 saturated carbocycles. The fraction of sp³-hybridized carbons (Fsp3) is 0.750. The molecule has 50 heavy (non-hydrogen) atoms. The summed E-state index contributed by atoms with van der Waals surface area (Å²) in [6, 6.07) is 0. The standard InChI is InChI=1S/C40H72NO8P/c1-3-5-7-9-11-13-15-17-18-19-21-22-24-26-28-30-32-39(43)41-34-35-48-50(45,46)49-37-38(42)36-47-40(44)33-31-29-27-25-23-20-16-14-12-10-8-6-4-2/h6,8,12,14,18-20,23,38,42H,3-5,7,9-11,13,15-17,21-22,24-37H2,1-2H3,(H,41,43)(H,45,46)/b8-6-,14-12-,19-18-,23-20-. The van der Waals surface area contributed by atoms with Crippen LogP contribution in [-0.4, -0.2) is 54.3 Å². The summed E-state index contributed by atoms with van der Waals surface area (Å²) in [4.78, 5) is 33.8. The molecule has 0 heterocycles. The van der Waals surface area contributed by atoms with Crippen LogP contribution in [0, 0.1) is 0 Å². The van der Waals surface area contributed by atoms with E-state index in [2.05, 4.69) is 67.8 Å². The fourth-order valence-corrected chi connectivity index (χ4v) is 5.79. The molecule has 0 radical (unpaired) electrons. The molecule has 3 N–H and O–H groups in total. The molecule has 10 heteroatoms. The Kier molecular flexibility index (Phi) is 35.3. The Bertz CT molecular complexity index is 965. The van der Waals surface area contributed by atoms with Crippen molar-refractivity contribution in [3.8, 4) is 0 Å². The van der Waals surface area contributed by atoms with Gasteiger partial charge in [0.2, 0.25) is 5.91 Å². The third-order valence-electron chi connectivity index (χ3n) is 7.99. The Morgan fingerprint density at radius 3 is 1.76 bits per heavy atom. The van der Waals surface area contributed by atoms with E-state index in [0.717, 1.165) is 70.6 Å². The van der Waals surface area contributed by atoms with Crippen LogP contribution < -0.4 is 5.32 Å². The smallest absolute Gasteiger partial charge is 0.463 e. The summed E-state index contributed by atoms with van der Waals surface area (Å²) in [5, 5.41) is 12.6. The number of nitrogens with one attached hydrogen (secondary N) is 1. The van der Waals surface area contributed by atoms with Crippen LogP contribution >= 0.6 is 7.82 Å². The maximum absolute atomic E-state index is 12.1. The number of esters is 1. The third kappa shape index (κ3) is 37.2. The lowest BCUT2D eigenvalue weighted by Gasteiger charge is -2.15. The van der Waals surface area contributed by atoms with E-state index in [9.17, 15) is 24.2 Å². The van der Waals surface area contributed by atoms with E-state index in [1.807, 2.05) is 0 Å². The van der Waals surface area contributed by atoms with E-state index in [0.29, 0.717) is 12.8 Å². The highest BCUT2D eigenvalue weighted by molar-refractivity contribution is 7.47. The van der Waals surface area contributed by atoms with E-state index in [1.54, 1.807) is 0 Å². The molecule has 0 aliphatic carbocycles. The number of phosphoric ester groups is 1. The van der Waals surface area contributed by atoms with Crippen LogP contribution in [0.3, 0.4) is 0 Å². The maximum atomic E-state index is 12.1. The quantitative estimate of drug-likeness (QED) is 0.0252. The maximum Gasteiger partial charge on any atom is 0.472 e. The lowest BCUT2D eigenvalue weighted by molar-refractivity contribution is -0.147. The first-order valence-corrected chi connectivity index (χ1v) is 21.1. The number of unbranched alkanes of at least 4 members (excludes halogenated alkanes) is 15. The summed E-state index contributed by atoms with van der Waals surface area (Å²) in [5.41, 5.74) is 0. The topological polar surface area (TPSA) is 131 Å². The van der Waals surface area contributed by atoms with Crippen molar-refractivity contribution in [1.82, 2.24) is 5.32 Å². The molecule has 0 saturated heterocycles. The minimum Gasteiger partial charge on any atom is -0.463 e. The number of carbonyl (C=O) groups excluding carboxylic acids is 2. The molecular weight excluding hydrogens is 653 g/mol. The van der Waals surface area contributed by atoms with Gasteiger partial charge in [-0.2, -0.15) is 0 Å². The van der Waals surface area contributed by atoms with Gasteiger partial charge >= 0.3 is 13.8 Å². The van der Waals surface area contributed by atoms with E-state index in [1.165, 1.54) is 57.8 Å². The second-order valence-electron chi connectivity index (χ2n) is 12.9. The number of hydrogen-bond acceptors (Lipinski definition) is 7. The van der Waals surface area contributed by atoms with Gasteiger partial charge in [-0.05, 0) is 70.6 Å². The molecule has 0 bridgehead atoms. The van der Waals surface area contributed by atoms with Crippen LogP contribution in [0.25, 0.3) is 0 Å². The Balaban J connectivity index is 3.67. The molecule has 0 aliphatic rings. The molecule has 9 nitrogen and oxygen atoms in total. The van der Waals surface area contributed by atoms with E-state index < -0.39 is 26.5 Å². The Hall–Kier alpha value is -2.03. The lowest BCUT2D eigenvalue weighted by Crippen LogP contribution is -2.27. The van der Waals surface area contributed by atoms with Crippen molar-refractivity contribution < 1.29 is 37.9 Å². The second-order valence-corrected chi connectivity index (χ2v) is 14.3. The molecule has 0 aromatic heterocycles. The zero-order valence-corrected chi connectivity index (χ0v) is 32.5. The van der Waals surface area contributed by atoms with Gasteiger partial charge in [-0.15, -0.1) is 0 Å². The first-order chi connectivity index (χ1) is 24.3. The summed E-state index contributed by atoms with van der Waals surface area (Å²) in [7, 11) is -4.42. The van der Waals surface area contributed by atoms with Gasteiger partial charge in [0.25, 0.3) is 0 Å². The average Bonchev–Trinajstić information content (AvgIpc) is 3.10. The van der Waals surface area contributed by atoms with Gasteiger partial charge in [0.1, 0.15) is 12.7 Å². The molecule has 0 aromatic rings. The highest BCUT2D eigenvalue weighted by Crippen LogP contribution is 2.42. The summed E-state index contributed by atoms with van der Waals surface area (Å²) in [6.07, 6.45) is 40.4. The van der Waals surface area contributed by atoms with Gasteiger partial charge in [0, 0.05) is 19.4 Å². The van der Waals surface area contributed by atoms with Gasteiger partial charge in [-0.25, -0.2) is 4.57 Å². The minimum absolute atomic E-state index is 0.0724. The van der Waals surface area contributed by atoms with Crippen LogP contribution in [0.4, 0.5) is 0 Å². The molecule has 290 valence electrons. The molecule has 0 spiro atoms. The van der Waals surface area contributed by atoms with Crippen molar-refractivity contribution in [3.63, 3.8) is 0 Å². The van der Waals surface area contributed by atoms with Crippen molar-refractivity contribution in [2.75, 3.05) is 26.4 Å². The minimum atomic E-state index is -4.42. The van der Waals surface area contributed by atoms with Crippen LogP contribution in [0.2, 0.25) is 0 Å². The Morgan fingerprint density at radius 1 is 0.640 bits per heavy atom. The van der Waals surface area contributed by atoms with Crippen LogP contribution in [0.15, 0.2) is 48.6 Å². The normalized spacial score (nSPS) is 13.9. The molecule has 1 amide bonds. The molecule has 0 aliphatic heterocycles. The summed E-state index contributed by atoms with van der Waals surface area (Å²) < 4.78 is 26.7. The van der Waals surface area contributed by atoms with Crippen molar-refractivity contribution in [1.29, 1.82) is 0 Å². The van der Waals surface area contributed by atoms with Crippen LogP contribution in [-0.2, 0) is 27.9 Å². The number of amides is 1. The molecule has 2 unspecified atom stereocenters. The second kappa shape index (κ2) is 36.8. The zero-order chi connectivity index (χ0) is 36.8. The van der Waals surface area contributed by atoms with E-state index in [4.69, 9.17) is 13.8 Å². The average molecular weight is 726 g/mol. The number of aliphatic hydroxyl groups is 1. The first-order valence-electron chi connectivity index (χ1n) is 19.6. The van der Waals surface area contributed by atoms with Gasteiger partial charge in [0.05, 0.1) is 13.2 Å². The third-order valence-corrected chi connectivity index (χ3v) is 8.98. The van der Waals surface area contributed by atoms with Crippen LogP contribution in [0.5, 0.6) is 0 Å². The Labute approximate surface area is 305 Å². The van der Waals surface area contributed by atoms with Crippen LogP contribution in [0.1, 0.15) is 162 Å². The number of carbonyl (C=O) groups is 2. The van der Waals surface area contributed by atoms with Gasteiger partial charge in [0.15, 0.2) is 0 Å². The monoisotopic (exact) mass is 725 g/mol. The zero-order valence-electron chi connectivity index (χ0n) is 31.6. The summed E-state index contributed by atoms with van der Waals surface area (Å²) in [6.45, 7) is 3.37. The first kappa shape index (κ1) is 48.0. The lowest BCUT2D eigenvalue weighted by atomic mass is 10.1. The van der Waals surface area contributed by atoms with Crippen molar-refractivity contribution in [3.05, 3.63) is 48.6 Å². The van der Waals surface area contributed by atoms with Crippen molar-refractivity contribution >= 4 is 19.7 Å². The van der Waals surface area contributed by atoms with Crippen molar-refractivity contribution in [2.24, 2.45) is 0 Å². The van der Waals surface area contributed by atoms with Crippen molar-refractivity contribution in [2.45, 2.75) is 168 Å². The van der Waals surface area contributed by atoms with Gasteiger partial charge in [-0.1, -0.05) is 127 Å². The Morgan fingerprint density at radius 2 is 1.14 bits per heavy atom. The van der Waals surface area contributed by atoms with E-state index in [-0.39, 0.29) is 32.1 Å². The highest BCUT2D eigenvalue weighted by atomic mass is 31.2. The highest BCUT2D eigenvalue weighted by Gasteiger charge is 2.23. The number of phosphoric acid groups is 1. The largest absolute Gasteiger partial charge is 0.472 e. The number of aliphatic hydroxyl groups excluding tert-OH is 1. The molecule has 0 rings (SSSR count). The fourth-order valence-electron chi connectivity index (χ4n) is 5.03. The number of allylic oxidation sites excluding steroid dienone is 8. The van der Waals surface area contributed by atoms with E-state index >= 15 is 0 Å². The molecule has 2 atom stereocenters. The molecule has 0 fully saturated rings.